The molecule has 2 nitrogen and oxygen atoms in total. The average Bonchev–Trinajstić information content (AvgIpc) is 2.60. The quantitative estimate of drug-likeness (QED) is 0.621. The van der Waals surface area contributed by atoms with Crippen LogP contribution < -0.4 is 5.32 Å². The van der Waals surface area contributed by atoms with Crippen molar-refractivity contribution in [1.29, 1.82) is 0 Å². The molecule has 0 aliphatic carbocycles. The van der Waals surface area contributed by atoms with Crippen molar-refractivity contribution in [2.45, 2.75) is 23.7 Å². The van der Waals surface area contributed by atoms with Gasteiger partial charge in [-0.1, -0.05) is 54.1 Å². The van der Waals surface area contributed by atoms with Crippen LogP contribution in [-0.2, 0) is 16.3 Å². The lowest BCUT2D eigenvalue weighted by atomic mass is 10.2. The van der Waals surface area contributed by atoms with Crippen LogP contribution in [-0.4, -0.2) is 23.5 Å². The zero-order chi connectivity index (χ0) is 17.2. The van der Waals surface area contributed by atoms with Crippen LogP contribution in [0.5, 0.6) is 0 Å². The van der Waals surface area contributed by atoms with E-state index < -0.39 is 0 Å². The van der Waals surface area contributed by atoms with Gasteiger partial charge in [0.05, 0.1) is 5.25 Å². The second-order valence-corrected chi connectivity index (χ2v) is 8.28. The van der Waals surface area contributed by atoms with Crippen molar-refractivity contribution in [3.63, 3.8) is 0 Å². The highest BCUT2D eigenvalue weighted by molar-refractivity contribution is 7.99. The van der Waals surface area contributed by atoms with Crippen LogP contribution in [0.1, 0.15) is 18.1 Å². The minimum absolute atomic E-state index is 0.0388. The number of carbonyl (C=O) groups is 1. The van der Waals surface area contributed by atoms with E-state index in [0.29, 0.717) is 6.54 Å². The number of benzene rings is 2. The molecule has 0 unspecified atom stereocenters. The molecule has 0 saturated heterocycles. The molecule has 0 radical (unpaired) electrons. The van der Waals surface area contributed by atoms with E-state index >= 15 is 0 Å². The third-order valence-corrected chi connectivity index (χ3v) is 5.89. The Hall–Kier alpha value is -1.10. The lowest BCUT2D eigenvalue weighted by Gasteiger charge is -2.12. The van der Waals surface area contributed by atoms with Gasteiger partial charge in [-0.05, 0) is 30.2 Å². The molecule has 128 valence electrons. The van der Waals surface area contributed by atoms with Gasteiger partial charge in [-0.25, -0.2) is 0 Å². The number of halogens is 1. The second kappa shape index (κ2) is 10.7. The molecule has 1 amide bonds. The molecule has 2 aromatic carbocycles. The van der Waals surface area contributed by atoms with Crippen molar-refractivity contribution in [2.75, 3.05) is 12.3 Å². The zero-order valence-corrected chi connectivity index (χ0v) is 16.1. The Kier molecular flexibility index (Phi) is 8.57. The second-order valence-electron chi connectivity index (χ2n) is 5.41. The smallest absolute Gasteiger partial charge is 0.232 e. The summed E-state index contributed by atoms with van der Waals surface area (Å²) in [7, 11) is 0. The molecule has 1 atom stereocenters. The van der Waals surface area contributed by atoms with E-state index in [1.165, 1.54) is 11.1 Å². The van der Waals surface area contributed by atoms with Crippen molar-refractivity contribution < 1.29 is 4.79 Å². The molecule has 0 bridgehead atoms. The number of carbonyl (C=O) groups excluding carboxylic acids is 1. The molecule has 0 fully saturated rings. The van der Waals surface area contributed by atoms with E-state index in [1.54, 1.807) is 23.5 Å². The van der Waals surface area contributed by atoms with Gasteiger partial charge < -0.3 is 5.32 Å². The predicted octanol–water partition coefficient (Wildman–Crippen LogP) is 5.01. The maximum Gasteiger partial charge on any atom is 0.232 e. The Morgan fingerprint density at radius 3 is 2.58 bits per heavy atom. The molecule has 5 heteroatoms. The van der Waals surface area contributed by atoms with Gasteiger partial charge in [-0.15, -0.1) is 11.8 Å². The Balaban J connectivity index is 1.58. The lowest BCUT2D eigenvalue weighted by molar-refractivity contribution is -0.120. The highest BCUT2D eigenvalue weighted by Crippen LogP contribution is 2.18. The Morgan fingerprint density at radius 1 is 1.08 bits per heavy atom. The molecule has 0 aromatic heterocycles. The summed E-state index contributed by atoms with van der Waals surface area (Å²) in [5.74, 6) is 2.78. The van der Waals surface area contributed by atoms with E-state index in [4.69, 9.17) is 11.6 Å². The summed E-state index contributed by atoms with van der Waals surface area (Å²) in [6.07, 6.45) is 0. The number of rotatable bonds is 9. The molecule has 0 saturated carbocycles. The van der Waals surface area contributed by atoms with Crippen LogP contribution in [0, 0.1) is 0 Å². The highest BCUT2D eigenvalue weighted by Gasteiger charge is 2.12. The minimum atomic E-state index is -0.0388. The molecule has 0 aliphatic rings. The Bertz CT molecular complexity index is 636. The first-order chi connectivity index (χ1) is 11.6. The SMILES string of the molecule is C[C@H](SCc1ccccc1)C(=O)NCCSCc1cccc(Cl)c1. The summed E-state index contributed by atoms with van der Waals surface area (Å²) in [6, 6.07) is 18.1. The van der Waals surface area contributed by atoms with Gasteiger partial charge in [0.1, 0.15) is 0 Å². The van der Waals surface area contributed by atoms with Crippen LogP contribution in [0.25, 0.3) is 0 Å². The average molecular weight is 380 g/mol. The molecule has 1 N–H and O–H groups in total. The number of amides is 1. The van der Waals surface area contributed by atoms with E-state index in [-0.39, 0.29) is 11.2 Å². The van der Waals surface area contributed by atoms with Crippen molar-refractivity contribution in [3.8, 4) is 0 Å². The van der Waals surface area contributed by atoms with E-state index in [1.807, 2.05) is 43.3 Å². The fraction of sp³-hybridized carbons (Fsp3) is 0.316. The summed E-state index contributed by atoms with van der Waals surface area (Å²) in [4.78, 5) is 12.1. The largest absolute Gasteiger partial charge is 0.354 e. The Morgan fingerprint density at radius 2 is 1.83 bits per heavy atom. The first-order valence-electron chi connectivity index (χ1n) is 7.90. The van der Waals surface area contributed by atoms with Gasteiger partial charge in [0.2, 0.25) is 5.91 Å². The fourth-order valence-corrected chi connectivity index (χ4v) is 3.97. The van der Waals surface area contributed by atoms with Gasteiger partial charge in [-0.2, -0.15) is 11.8 Å². The maximum atomic E-state index is 12.1. The highest BCUT2D eigenvalue weighted by atomic mass is 35.5. The van der Waals surface area contributed by atoms with Crippen LogP contribution in [0.2, 0.25) is 5.02 Å². The van der Waals surface area contributed by atoms with Crippen molar-refractivity contribution in [3.05, 3.63) is 70.7 Å². The normalized spacial score (nSPS) is 11.9. The number of hydrogen-bond acceptors (Lipinski definition) is 3. The third kappa shape index (κ3) is 7.20. The third-order valence-electron chi connectivity index (χ3n) is 3.42. The molecule has 0 heterocycles. The zero-order valence-electron chi connectivity index (χ0n) is 13.7. The van der Waals surface area contributed by atoms with Gasteiger partial charge in [0.25, 0.3) is 0 Å². The topological polar surface area (TPSA) is 29.1 Å². The fourth-order valence-electron chi connectivity index (χ4n) is 2.08. The molecule has 2 aromatic rings. The minimum Gasteiger partial charge on any atom is -0.354 e. The van der Waals surface area contributed by atoms with Gasteiger partial charge in [0, 0.05) is 28.8 Å². The van der Waals surface area contributed by atoms with E-state index in [0.717, 1.165) is 22.3 Å². The maximum absolute atomic E-state index is 12.1. The standard InChI is InChI=1S/C19H22ClNOS2/c1-15(24-14-16-6-3-2-4-7-16)19(22)21-10-11-23-13-17-8-5-9-18(20)12-17/h2-9,12,15H,10-11,13-14H2,1H3,(H,21,22)/t15-/m0/s1. The number of nitrogens with one attached hydrogen (secondary N) is 1. The molecule has 24 heavy (non-hydrogen) atoms. The van der Waals surface area contributed by atoms with Crippen molar-refractivity contribution in [1.82, 2.24) is 5.32 Å². The summed E-state index contributed by atoms with van der Waals surface area (Å²) in [6.45, 7) is 2.66. The van der Waals surface area contributed by atoms with Crippen LogP contribution in [0.15, 0.2) is 54.6 Å². The van der Waals surface area contributed by atoms with Gasteiger partial charge in [-0.3, -0.25) is 4.79 Å². The van der Waals surface area contributed by atoms with Crippen LogP contribution in [0.3, 0.4) is 0 Å². The van der Waals surface area contributed by atoms with Crippen LogP contribution in [0.4, 0.5) is 0 Å². The van der Waals surface area contributed by atoms with Crippen molar-refractivity contribution in [2.24, 2.45) is 0 Å². The molecule has 2 rings (SSSR count). The molecular formula is C19H22ClNOS2. The molecular weight excluding hydrogens is 358 g/mol. The summed E-state index contributed by atoms with van der Waals surface area (Å²) in [5.41, 5.74) is 2.46. The van der Waals surface area contributed by atoms with E-state index in [9.17, 15) is 4.79 Å². The first-order valence-corrected chi connectivity index (χ1v) is 10.5. The number of thioether (sulfide) groups is 2. The monoisotopic (exact) mass is 379 g/mol. The van der Waals surface area contributed by atoms with E-state index in [2.05, 4.69) is 23.5 Å². The predicted molar refractivity (Wildman–Crippen MR) is 108 cm³/mol. The van der Waals surface area contributed by atoms with Gasteiger partial charge >= 0.3 is 0 Å². The summed E-state index contributed by atoms with van der Waals surface area (Å²) in [5, 5.41) is 3.74. The molecule has 0 aliphatic heterocycles. The van der Waals surface area contributed by atoms with Crippen molar-refractivity contribution >= 4 is 41.0 Å². The lowest BCUT2D eigenvalue weighted by Crippen LogP contribution is -2.32. The number of hydrogen-bond donors (Lipinski definition) is 1. The van der Waals surface area contributed by atoms with Crippen LogP contribution >= 0.6 is 35.1 Å². The van der Waals surface area contributed by atoms with Gasteiger partial charge in [0.15, 0.2) is 0 Å². The summed E-state index contributed by atoms with van der Waals surface area (Å²) < 4.78 is 0. The first kappa shape index (κ1) is 19.2. The Labute approximate surface area is 157 Å². The summed E-state index contributed by atoms with van der Waals surface area (Å²) >= 11 is 9.43. The molecule has 0 spiro atoms.